The van der Waals surface area contributed by atoms with Gasteiger partial charge in [-0.1, -0.05) is 24.3 Å². The summed E-state index contributed by atoms with van der Waals surface area (Å²) in [5.74, 6) is 0.924. The van der Waals surface area contributed by atoms with Crippen molar-refractivity contribution in [3.8, 4) is 0 Å². The first-order valence-electron chi connectivity index (χ1n) is 9.33. The lowest BCUT2D eigenvalue weighted by atomic mass is 9.78. The van der Waals surface area contributed by atoms with Gasteiger partial charge in [0.25, 0.3) is 0 Å². The smallest absolute Gasteiger partial charge is 0.415 e. The predicted molar refractivity (Wildman–Crippen MR) is 108 cm³/mol. The predicted octanol–water partition coefficient (Wildman–Crippen LogP) is 5.18. The van der Waals surface area contributed by atoms with E-state index in [0.717, 1.165) is 42.5 Å². The Morgan fingerprint density at radius 2 is 1.82 bits per heavy atom. The summed E-state index contributed by atoms with van der Waals surface area (Å²) in [6.07, 6.45) is 2.83. The number of benzene rings is 2. The van der Waals surface area contributed by atoms with Gasteiger partial charge in [-0.25, -0.2) is 14.2 Å². The summed E-state index contributed by atoms with van der Waals surface area (Å²) in [6, 6.07) is 14.4. The van der Waals surface area contributed by atoms with Crippen LogP contribution in [0.25, 0.3) is 11.0 Å². The summed E-state index contributed by atoms with van der Waals surface area (Å²) >= 11 is 0. The first-order chi connectivity index (χ1) is 13.1. The van der Waals surface area contributed by atoms with Crippen LogP contribution in [-0.4, -0.2) is 28.2 Å². The van der Waals surface area contributed by atoms with E-state index in [4.69, 9.17) is 9.72 Å². The zero-order valence-electron chi connectivity index (χ0n) is 15.2. The molecule has 28 heavy (non-hydrogen) atoms. The second-order valence-electron chi connectivity index (χ2n) is 7.50. The van der Waals surface area contributed by atoms with Crippen LogP contribution in [0, 0.1) is 5.82 Å². The van der Waals surface area contributed by atoms with Crippen molar-refractivity contribution in [3.63, 3.8) is 0 Å². The number of H-pyrrole nitrogens is 1. The molecule has 3 aromatic rings. The molecule has 1 saturated carbocycles. The fraction of sp³-hybridized carbons (Fsp3) is 0.333. The van der Waals surface area contributed by atoms with Crippen molar-refractivity contribution in [1.29, 1.82) is 0 Å². The number of imidazole rings is 1. The van der Waals surface area contributed by atoms with Gasteiger partial charge >= 0.3 is 6.09 Å². The van der Waals surface area contributed by atoms with Gasteiger partial charge in [0.1, 0.15) is 17.2 Å². The molecule has 1 aromatic heterocycles. The van der Waals surface area contributed by atoms with Gasteiger partial charge in [0.15, 0.2) is 0 Å². The highest BCUT2D eigenvalue weighted by molar-refractivity contribution is 5.90. The molecule has 5 rings (SSSR count). The van der Waals surface area contributed by atoms with Crippen molar-refractivity contribution in [2.24, 2.45) is 0 Å². The Morgan fingerprint density at radius 1 is 1.11 bits per heavy atom. The standard InChI is InChI=1S/C21H20FN3O2.ClH/c22-15-5-1-4-8-18(15)25-13-21(27-20(25)26)11-9-14(10-12-21)19-23-16-6-2-3-7-17(16)24-19;/h1-8,14H,9-13H2,(H,23,24);1H. The monoisotopic (exact) mass is 401 g/mol. The Balaban J connectivity index is 0.00000192. The number of nitrogens with one attached hydrogen (secondary N) is 1. The highest BCUT2D eigenvalue weighted by atomic mass is 35.5. The third-order valence-corrected chi connectivity index (χ3v) is 5.80. The number of amides is 1. The molecule has 2 aromatic carbocycles. The number of nitrogens with zero attached hydrogens (tertiary/aromatic N) is 2. The summed E-state index contributed by atoms with van der Waals surface area (Å²) in [5, 5.41) is 0. The fourth-order valence-corrected chi connectivity index (χ4v) is 4.32. The van der Waals surface area contributed by atoms with E-state index in [9.17, 15) is 9.18 Å². The Hall–Kier alpha value is -2.60. The van der Waals surface area contributed by atoms with Crippen molar-refractivity contribution >= 4 is 35.2 Å². The summed E-state index contributed by atoms with van der Waals surface area (Å²) in [6.45, 7) is 0.402. The molecule has 0 radical (unpaired) electrons. The molecule has 1 saturated heterocycles. The molecule has 1 aliphatic carbocycles. The number of para-hydroxylation sites is 3. The van der Waals surface area contributed by atoms with Crippen LogP contribution in [0.3, 0.4) is 0 Å². The minimum atomic E-state index is -0.526. The fourth-order valence-electron chi connectivity index (χ4n) is 4.32. The number of aromatic nitrogens is 2. The molecule has 1 spiro atoms. The maximum absolute atomic E-state index is 14.1. The number of hydrogen-bond donors (Lipinski definition) is 1. The second-order valence-corrected chi connectivity index (χ2v) is 7.50. The van der Waals surface area contributed by atoms with Gasteiger partial charge in [0, 0.05) is 5.92 Å². The molecule has 146 valence electrons. The zero-order valence-corrected chi connectivity index (χ0v) is 16.0. The van der Waals surface area contributed by atoms with Crippen LogP contribution in [-0.2, 0) is 4.74 Å². The number of rotatable bonds is 2. The quantitative estimate of drug-likeness (QED) is 0.643. The maximum Gasteiger partial charge on any atom is 0.415 e. The Kier molecular flexibility index (Phi) is 4.75. The van der Waals surface area contributed by atoms with Crippen LogP contribution in [0.4, 0.5) is 14.9 Å². The van der Waals surface area contributed by atoms with Gasteiger partial charge in [-0.15, -0.1) is 12.4 Å². The Labute approximate surface area is 168 Å². The van der Waals surface area contributed by atoms with E-state index in [-0.39, 0.29) is 12.4 Å². The zero-order chi connectivity index (χ0) is 18.4. The third-order valence-electron chi connectivity index (χ3n) is 5.80. The Morgan fingerprint density at radius 3 is 2.57 bits per heavy atom. The molecular formula is C21H21ClFN3O2. The van der Waals surface area contributed by atoms with Crippen molar-refractivity contribution in [2.45, 2.75) is 37.2 Å². The van der Waals surface area contributed by atoms with E-state index < -0.39 is 17.5 Å². The number of carbonyl (C=O) groups excluding carboxylic acids is 1. The topological polar surface area (TPSA) is 58.2 Å². The number of carbonyl (C=O) groups is 1. The lowest BCUT2D eigenvalue weighted by Crippen LogP contribution is -2.38. The van der Waals surface area contributed by atoms with Crippen LogP contribution < -0.4 is 4.90 Å². The van der Waals surface area contributed by atoms with Crippen molar-refractivity contribution in [3.05, 3.63) is 60.2 Å². The Bertz CT molecular complexity index is 981. The van der Waals surface area contributed by atoms with E-state index >= 15 is 0 Å². The van der Waals surface area contributed by atoms with Gasteiger partial charge < -0.3 is 9.72 Å². The van der Waals surface area contributed by atoms with Gasteiger partial charge in [-0.3, -0.25) is 4.90 Å². The first kappa shape index (κ1) is 18.7. The van der Waals surface area contributed by atoms with Gasteiger partial charge in [0.2, 0.25) is 0 Å². The van der Waals surface area contributed by atoms with Crippen LogP contribution in [0.2, 0.25) is 0 Å². The van der Waals surface area contributed by atoms with Crippen LogP contribution in [0.1, 0.15) is 37.4 Å². The summed E-state index contributed by atoms with van der Waals surface area (Å²) in [7, 11) is 0. The number of aromatic amines is 1. The number of hydrogen-bond acceptors (Lipinski definition) is 3. The second kappa shape index (κ2) is 7.09. The summed E-state index contributed by atoms with van der Waals surface area (Å²) in [5.41, 5.74) is 1.79. The third kappa shape index (κ3) is 3.11. The maximum atomic E-state index is 14.1. The van der Waals surface area contributed by atoms with Crippen LogP contribution in [0.5, 0.6) is 0 Å². The van der Waals surface area contributed by atoms with E-state index in [1.165, 1.54) is 11.0 Å². The molecule has 1 N–H and O–H groups in total. The van der Waals surface area contributed by atoms with Crippen molar-refractivity contribution in [2.75, 3.05) is 11.4 Å². The molecule has 1 aliphatic heterocycles. The molecule has 2 aliphatic rings. The minimum Gasteiger partial charge on any atom is -0.441 e. The molecular weight excluding hydrogens is 381 g/mol. The minimum absolute atomic E-state index is 0. The van der Waals surface area contributed by atoms with E-state index in [1.54, 1.807) is 18.2 Å². The number of ether oxygens (including phenoxy) is 1. The largest absolute Gasteiger partial charge is 0.441 e. The van der Waals surface area contributed by atoms with E-state index in [2.05, 4.69) is 4.98 Å². The average Bonchev–Trinajstić information content (AvgIpc) is 3.24. The van der Waals surface area contributed by atoms with E-state index in [1.807, 2.05) is 24.3 Å². The molecule has 0 unspecified atom stereocenters. The lowest BCUT2D eigenvalue weighted by molar-refractivity contribution is 0.0208. The van der Waals surface area contributed by atoms with Gasteiger partial charge in [-0.05, 0) is 49.9 Å². The number of halogens is 2. The number of fused-ring (bicyclic) bond motifs is 1. The van der Waals surface area contributed by atoms with Gasteiger partial charge in [-0.2, -0.15) is 0 Å². The van der Waals surface area contributed by atoms with Gasteiger partial charge in [0.05, 0.1) is 23.3 Å². The molecule has 2 heterocycles. The van der Waals surface area contributed by atoms with Crippen LogP contribution >= 0.6 is 12.4 Å². The van der Waals surface area contributed by atoms with E-state index in [0.29, 0.717) is 18.2 Å². The SMILES string of the molecule is Cl.O=C1OC2(CCC(c3nc4ccccc4[nH]3)CC2)CN1c1ccccc1F. The summed E-state index contributed by atoms with van der Waals surface area (Å²) in [4.78, 5) is 21.9. The highest BCUT2D eigenvalue weighted by Gasteiger charge is 2.48. The molecule has 1 amide bonds. The highest BCUT2D eigenvalue weighted by Crippen LogP contribution is 2.43. The lowest BCUT2D eigenvalue weighted by Gasteiger charge is -2.34. The first-order valence-corrected chi connectivity index (χ1v) is 9.33. The molecule has 7 heteroatoms. The average molecular weight is 402 g/mol. The van der Waals surface area contributed by atoms with Crippen molar-refractivity contribution in [1.82, 2.24) is 9.97 Å². The molecule has 5 nitrogen and oxygen atoms in total. The van der Waals surface area contributed by atoms with Crippen LogP contribution in [0.15, 0.2) is 48.5 Å². The normalized spacial score (nSPS) is 24.4. The molecule has 0 bridgehead atoms. The van der Waals surface area contributed by atoms with Crippen molar-refractivity contribution < 1.29 is 13.9 Å². The summed E-state index contributed by atoms with van der Waals surface area (Å²) < 4.78 is 19.8. The molecule has 2 fully saturated rings. The number of anilines is 1. The molecule has 0 atom stereocenters.